The van der Waals surface area contributed by atoms with Gasteiger partial charge in [0.1, 0.15) is 17.6 Å². The fourth-order valence-corrected chi connectivity index (χ4v) is 3.41. The van der Waals surface area contributed by atoms with Crippen molar-refractivity contribution >= 4 is 21.4 Å². The van der Waals surface area contributed by atoms with Crippen LogP contribution in [-0.2, 0) is 21.4 Å². The maximum absolute atomic E-state index is 11.8. The van der Waals surface area contributed by atoms with Crippen LogP contribution in [0.5, 0.6) is 0 Å². The third-order valence-electron chi connectivity index (χ3n) is 2.61. The van der Waals surface area contributed by atoms with E-state index in [4.69, 9.17) is 0 Å². The highest BCUT2D eigenvalue weighted by Crippen LogP contribution is 2.22. The molecule has 0 bridgehead atoms. The molecule has 19 heavy (non-hydrogen) atoms. The summed E-state index contributed by atoms with van der Waals surface area (Å²) in [5.41, 5.74) is -0.235. The average Bonchev–Trinajstić information content (AvgIpc) is 2.98. The smallest absolute Gasteiger partial charge is 0.217 e. The van der Waals surface area contributed by atoms with Crippen molar-refractivity contribution in [1.29, 1.82) is 0 Å². The van der Waals surface area contributed by atoms with Gasteiger partial charge in [-0.1, -0.05) is 5.16 Å². The molecule has 0 aromatic carbocycles. The van der Waals surface area contributed by atoms with Crippen molar-refractivity contribution in [3.63, 3.8) is 0 Å². The zero-order valence-electron chi connectivity index (χ0n) is 10.2. The average molecular weight is 302 g/mol. The fourth-order valence-electron chi connectivity index (χ4n) is 1.48. The van der Waals surface area contributed by atoms with Gasteiger partial charge in [0.25, 0.3) is 0 Å². The Labute approximate surface area is 115 Å². The van der Waals surface area contributed by atoms with E-state index < -0.39 is 15.6 Å². The third-order valence-corrected chi connectivity index (χ3v) is 4.55. The quantitative estimate of drug-likeness (QED) is 0.832. The third kappa shape index (κ3) is 3.87. The Morgan fingerprint density at radius 2 is 2.32 bits per heavy atom. The van der Waals surface area contributed by atoms with E-state index in [0.29, 0.717) is 11.3 Å². The first-order valence-corrected chi connectivity index (χ1v) is 8.10. The minimum atomic E-state index is -3.56. The molecule has 104 valence electrons. The predicted octanol–water partition coefficient (Wildman–Crippen LogP) is 1.06. The predicted molar refractivity (Wildman–Crippen MR) is 71.0 cm³/mol. The van der Waals surface area contributed by atoms with Crippen LogP contribution in [0.2, 0.25) is 0 Å². The molecule has 8 heteroatoms. The van der Waals surface area contributed by atoms with Crippen LogP contribution >= 0.6 is 11.3 Å². The van der Waals surface area contributed by atoms with Crippen LogP contribution in [0.3, 0.4) is 0 Å². The van der Waals surface area contributed by atoms with Crippen molar-refractivity contribution < 1.29 is 18.0 Å². The van der Waals surface area contributed by atoms with E-state index in [9.17, 15) is 13.5 Å². The molecule has 0 fully saturated rings. The molecule has 0 amide bonds. The zero-order valence-corrected chi connectivity index (χ0v) is 11.9. The van der Waals surface area contributed by atoms with Crippen LogP contribution in [0.25, 0.3) is 0 Å². The molecule has 0 saturated carbocycles. The van der Waals surface area contributed by atoms with E-state index >= 15 is 0 Å². The van der Waals surface area contributed by atoms with Gasteiger partial charge in [-0.15, -0.1) is 0 Å². The summed E-state index contributed by atoms with van der Waals surface area (Å²) in [7, 11) is -3.56. The van der Waals surface area contributed by atoms with Gasteiger partial charge in [-0.2, -0.15) is 11.3 Å². The molecule has 2 N–H and O–H groups in total. The number of nitrogens with zero attached hydrogens (tertiary/aromatic N) is 1. The molecular weight excluding hydrogens is 288 g/mol. The first-order chi connectivity index (χ1) is 8.89. The topological polar surface area (TPSA) is 92.4 Å². The standard InChI is InChI=1S/C11H14N2O4S2/c1-11(14,9-3-5-18-6-9)8-12-19(15,16)7-10-2-4-17-13-10/h2-6,12,14H,7-8H2,1H3. The van der Waals surface area contributed by atoms with Crippen molar-refractivity contribution in [3.05, 3.63) is 40.4 Å². The Kier molecular flexibility index (Phi) is 4.04. The molecule has 0 aliphatic carbocycles. The molecule has 0 aliphatic heterocycles. The number of rotatable bonds is 6. The summed E-state index contributed by atoms with van der Waals surface area (Å²) in [4.78, 5) is 0. The molecule has 0 radical (unpaired) electrons. The van der Waals surface area contributed by atoms with E-state index in [-0.39, 0.29) is 12.3 Å². The number of aliphatic hydroxyl groups is 1. The van der Waals surface area contributed by atoms with Crippen LogP contribution in [0.15, 0.2) is 33.7 Å². The minimum absolute atomic E-state index is 0.0933. The molecule has 0 saturated heterocycles. The number of nitrogens with one attached hydrogen (secondary N) is 1. The Balaban J connectivity index is 1.98. The second-order valence-electron chi connectivity index (χ2n) is 4.36. The van der Waals surface area contributed by atoms with Crippen molar-refractivity contribution in [2.45, 2.75) is 18.3 Å². The largest absolute Gasteiger partial charge is 0.384 e. The Morgan fingerprint density at radius 3 is 2.89 bits per heavy atom. The molecule has 2 aromatic rings. The van der Waals surface area contributed by atoms with E-state index in [0.717, 1.165) is 0 Å². The normalized spacial score (nSPS) is 15.3. The van der Waals surface area contributed by atoms with Gasteiger partial charge in [0.05, 0.1) is 5.69 Å². The van der Waals surface area contributed by atoms with E-state index in [1.807, 2.05) is 5.38 Å². The van der Waals surface area contributed by atoms with Gasteiger partial charge in [0, 0.05) is 12.6 Å². The fraction of sp³-hybridized carbons (Fsp3) is 0.364. The van der Waals surface area contributed by atoms with Gasteiger partial charge >= 0.3 is 0 Å². The van der Waals surface area contributed by atoms with Crippen LogP contribution in [-0.4, -0.2) is 25.2 Å². The number of thiophene rings is 1. The van der Waals surface area contributed by atoms with E-state index in [1.54, 1.807) is 18.4 Å². The highest BCUT2D eigenvalue weighted by Gasteiger charge is 2.26. The van der Waals surface area contributed by atoms with Crippen LogP contribution in [0.1, 0.15) is 18.2 Å². The molecular formula is C11H14N2O4S2. The maximum Gasteiger partial charge on any atom is 0.217 e. The number of aromatic nitrogens is 1. The Bertz CT molecular complexity index is 603. The summed E-state index contributed by atoms with van der Waals surface area (Å²) in [6, 6.07) is 3.24. The van der Waals surface area contributed by atoms with Crippen molar-refractivity contribution in [2.24, 2.45) is 0 Å². The molecule has 2 aromatic heterocycles. The first-order valence-electron chi connectivity index (χ1n) is 5.51. The van der Waals surface area contributed by atoms with Gasteiger partial charge in [-0.3, -0.25) is 0 Å². The minimum Gasteiger partial charge on any atom is -0.384 e. The lowest BCUT2D eigenvalue weighted by molar-refractivity contribution is 0.0632. The zero-order chi connectivity index (χ0) is 13.9. The highest BCUT2D eigenvalue weighted by molar-refractivity contribution is 7.88. The second kappa shape index (κ2) is 5.41. The van der Waals surface area contributed by atoms with Gasteiger partial charge in [0.15, 0.2) is 0 Å². The Hall–Kier alpha value is -1.22. The highest BCUT2D eigenvalue weighted by atomic mass is 32.2. The number of sulfonamides is 1. The molecule has 1 unspecified atom stereocenters. The van der Waals surface area contributed by atoms with Crippen LogP contribution < -0.4 is 4.72 Å². The SMILES string of the molecule is CC(O)(CNS(=O)(=O)Cc1ccon1)c1ccsc1. The van der Waals surface area contributed by atoms with Crippen molar-refractivity contribution in [3.8, 4) is 0 Å². The number of hydrogen-bond acceptors (Lipinski definition) is 6. The van der Waals surface area contributed by atoms with Gasteiger partial charge in [0.2, 0.25) is 10.0 Å². The molecule has 1 atom stereocenters. The first kappa shape index (κ1) is 14.2. The number of hydrogen-bond donors (Lipinski definition) is 2. The summed E-state index contributed by atoms with van der Waals surface area (Å²) in [6.45, 7) is 1.47. The summed E-state index contributed by atoms with van der Waals surface area (Å²) in [6.07, 6.45) is 1.31. The van der Waals surface area contributed by atoms with E-state index in [2.05, 4.69) is 14.4 Å². The lowest BCUT2D eigenvalue weighted by Crippen LogP contribution is -2.38. The summed E-state index contributed by atoms with van der Waals surface area (Å²) in [5.74, 6) is -0.275. The lowest BCUT2D eigenvalue weighted by atomic mass is 10.0. The van der Waals surface area contributed by atoms with E-state index in [1.165, 1.54) is 23.7 Å². The molecule has 0 aliphatic rings. The molecule has 6 nitrogen and oxygen atoms in total. The summed E-state index contributed by atoms with van der Waals surface area (Å²) >= 11 is 1.44. The van der Waals surface area contributed by atoms with Crippen molar-refractivity contribution in [1.82, 2.24) is 9.88 Å². The second-order valence-corrected chi connectivity index (χ2v) is 6.94. The van der Waals surface area contributed by atoms with Gasteiger partial charge in [-0.25, -0.2) is 13.1 Å². The monoisotopic (exact) mass is 302 g/mol. The summed E-state index contributed by atoms with van der Waals surface area (Å²) < 4.78 is 30.6. The molecule has 2 heterocycles. The van der Waals surface area contributed by atoms with Gasteiger partial charge in [-0.05, 0) is 29.3 Å². The molecule has 2 rings (SSSR count). The van der Waals surface area contributed by atoms with Gasteiger partial charge < -0.3 is 9.63 Å². The van der Waals surface area contributed by atoms with Crippen LogP contribution in [0, 0.1) is 0 Å². The van der Waals surface area contributed by atoms with Crippen molar-refractivity contribution in [2.75, 3.05) is 6.54 Å². The van der Waals surface area contributed by atoms with Crippen LogP contribution in [0.4, 0.5) is 0 Å². The molecule has 0 spiro atoms. The summed E-state index contributed by atoms with van der Waals surface area (Å²) in [5, 5.41) is 17.4. The lowest BCUT2D eigenvalue weighted by Gasteiger charge is -2.22. The Morgan fingerprint density at radius 1 is 1.53 bits per heavy atom. The maximum atomic E-state index is 11.8.